The van der Waals surface area contributed by atoms with E-state index in [4.69, 9.17) is 0 Å². The van der Waals surface area contributed by atoms with Crippen LogP contribution >= 0.6 is 0 Å². The monoisotopic (exact) mass is 366 g/mol. The first kappa shape index (κ1) is 18.9. The van der Waals surface area contributed by atoms with Gasteiger partial charge in [-0.2, -0.15) is 0 Å². The average Bonchev–Trinajstić information content (AvgIpc) is 2.63. The molecule has 0 radical (unpaired) electrons. The maximum Gasteiger partial charge on any atom is 0.253 e. The van der Waals surface area contributed by atoms with Gasteiger partial charge in [-0.3, -0.25) is 4.79 Å². The molecule has 1 aromatic heterocycles. The fourth-order valence-corrected chi connectivity index (χ4v) is 3.03. The summed E-state index contributed by atoms with van der Waals surface area (Å²) in [4.78, 5) is 23.7. The van der Waals surface area contributed by atoms with E-state index in [-0.39, 0.29) is 17.5 Å². The van der Waals surface area contributed by atoms with Crippen molar-refractivity contribution in [2.24, 2.45) is 0 Å². The van der Waals surface area contributed by atoms with Crippen molar-refractivity contribution >= 4 is 16.9 Å². The van der Waals surface area contributed by atoms with Crippen molar-refractivity contribution in [2.45, 2.75) is 19.9 Å². The van der Waals surface area contributed by atoms with Crippen molar-refractivity contribution in [3.8, 4) is 0 Å². The Kier molecular flexibility index (Phi) is 5.46. The summed E-state index contributed by atoms with van der Waals surface area (Å²) < 4.78 is 14.0. The summed E-state index contributed by atoms with van der Waals surface area (Å²) in [6, 6.07) is 12.5. The van der Waals surface area contributed by atoms with Gasteiger partial charge in [0.05, 0.1) is 28.5 Å². The van der Waals surface area contributed by atoms with E-state index in [1.807, 2.05) is 63.2 Å². The molecule has 0 saturated carbocycles. The number of hydrogen-bond acceptors (Lipinski definition) is 4. The number of rotatable bonds is 5. The van der Waals surface area contributed by atoms with Gasteiger partial charge in [0.2, 0.25) is 0 Å². The lowest BCUT2D eigenvalue weighted by molar-refractivity contribution is 0.0943. The number of likely N-dealkylation sites (N-methyl/N-ethyl adjacent to an activating group) is 1. The second-order valence-electron chi connectivity index (χ2n) is 6.82. The molecule has 3 aromatic rings. The molecule has 0 bridgehead atoms. The number of aryl methyl sites for hydroxylation is 2. The van der Waals surface area contributed by atoms with Crippen LogP contribution in [0.2, 0.25) is 0 Å². The Balaban J connectivity index is 1.89. The molecular weight excluding hydrogens is 343 g/mol. The molecule has 6 heteroatoms. The van der Waals surface area contributed by atoms with Crippen LogP contribution in [0.4, 0.5) is 4.39 Å². The van der Waals surface area contributed by atoms with Gasteiger partial charge in [0.1, 0.15) is 11.3 Å². The highest BCUT2D eigenvalue weighted by Gasteiger charge is 2.19. The van der Waals surface area contributed by atoms with Gasteiger partial charge in [-0.05, 0) is 39.6 Å². The minimum absolute atomic E-state index is 0.00466. The quantitative estimate of drug-likeness (QED) is 0.752. The number of nitrogens with one attached hydrogen (secondary N) is 1. The number of benzene rings is 2. The van der Waals surface area contributed by atoms with E-state index in [0.717, 1.165) is 17.0 Å². The largest absolute Gasteiger partial charge is 0.350 e. The zero-order valence-electron chi connectivity index (χ0n) is 16.0. The Morgan fingerprint density at radius 1 is 1.11 bits per heavy atom. The first-order valence-corrected chi connectivity index (χ1v) is 8.81. The van der Waals surface area contributed by atoms with Crippen LogP contribution in [0.3, 0.4) is 0 Å². The molecule has 0 saturated heterocycles. The first-order chi connectivity index (χ1) is 12.9. The second kappa shape index (κ2) is 7.80. The Bertz CT molecular complexity index is 973. The Labute approximate surface area is 158 Å². The number of fused-ring (bicyclic) bond motifs is 1. The van der Waals surface area contributed by atoms with E-state index in [9.17, 15) is 9.18 Å². The Morgan fingerprint density at radius 3 is 2.44 bits per heavy atom. The summed E-state index contributed by atoms with van der Waals surface area (Å²) >= 11 is 0. The van der Waals surface area contributed by atoms with Crippen LogP contribution in [0.5, 0.6) is 0 Å². The Morgan fingerprint density at radius 2 is 1.78 bits per heavy atom. The molecule has 0 unspecified atom stereocenters. The van der Waals surface area contributed by atoms with Crippen LogP contribution in [0.1, 0.15) is 33.4 Å². The molecular formula is C21H23FN4O. The van der Waals surface area contributed by atoms with Crippen LogP contribution in [0.25, 0.3) is 11.0 Å². The van der Waals surface area contributed by atoms with Gasteiger partial charge in [-0.15, -0.1) is 0 Å². The van der Waals surface area contributed by atoms with E-state index in [1.54, 1.807) is 0 Å². The average molecular weight is 366 g/mol. The second-order valence-corrected chi connectivity index (χ2v) is 6.82. The number of halogens is 1. The number of amides is 1. The summed E-state index contributed by atoms with van der Waals surface area (Å²) in [7, 11) is 3.91. The summed E-state index contributed by atoms with van der Waals surface area (Å²) in [6.45, 7) is 4.03. The van der Waals surface area contributed by atoms with Crippen molar-refractivity contribution < 1.29 is 9.18 Å². The summed E-state index contributed by atoms with van der Waals surface area (Å²) in [6.07, 6.45) is 0. The lowest BCUT2D eigenvalue weighted by Gasteiger charge is -2.25. The van der Waals surface area contributed by atoms with Gasteiger partial charge in [0, 0.05) is 12.6 Å². The summed E-state index contributed by atoms with van der Waals surface area (Å²) in [5.74, 6) is -0.864. The highest BCUT2D eigenvalue weighted by Crippen LogP contribution is 2.20. The van der Waals surface area contributed by atoms with E-state index in [0.29, 0.717) is 17.6 Å². The molecule has 1 heterocycles. The third kappa shape index (κ3) is 4.11. The number of aromatic nitrogens is 2. The molecule has 0 aliphatic carbocycles. The van der Waals surface area contributed by atoms with Gasteiger partial charge < -0.3 is 10.2 Å². The van der Waals surface area contributed by atoms with Gasteiger partial charge in [0.15, 0.2) is 0 Å². The van der Waals surface area contributed by atoms with Crippen LogP contribution in [0.15, 0.2) is 42.5 Å². The van der Waals surface area contributed by atoms with Gasteiger partial charge >= 0.3 is 0 Å². The maximum atomic E-state index is 14.0. The van der Waals surface area contributed by atoms with Crippen LogP contribution < -0.4 is 5.32 Å². The zero-order valence-corrected chi connectivity index (χ0v) is 16.0. The normalized spacial score (nSPS) is 12.4. The predicted octanol–water partition coefficient (Wildman–Crippen LogP) is 3.42. The minimum atomic E-state index is -0.502. The molecule has 0 fully saturated rings. The van der Waals surface area contributed by atoms with Gasteiger partial charge in [0.25, 0.3) is 5.91 Å². The molecule has 140 valence electrons. The van der Waals surface area contributed by atoms with Crippen molar-refractivity contribution in [3.63, 3.8) is 0 Å². The smallest absolute Gasteiger partial charge is 0.253 e. The van der Waals surface area contributed by atoms with Crippen molar-refractivity contribution in [3.05, 3.63) is 70.8 Å². The summed E-state index contributed by atoms with van der Waals surface area (Å²) in [5.41, 5.74) is 3.53. The molecule has 0 aliphatic rings. The van der Waals surface area contributed by atoms with Crippen LogP contribution in [-0.4, -0.2) is 41.4 Å². The standard InChI is InChI=1S/C21H23FN4O/c1-13-14(2)25-20-17(10-16(22)11-18(20)24-13)21(27)23-12-19(26(3)4)15-8-6-5-7-9-15/h5-11,19H,12H2,1-4H3,(H,23,27)/t19-/m0/s1. The Hall–Kier alpha value is -2.86. The fourth-order valence-electron chi connectivity index (χ4n) is 3.03. The predicted molar refractivity (Wildman–Crippen MR) is 104 cm³/mol. The molecule has 1 atom stereocenters. The molecule has 5 nitrogen and oxygen atoms in total. The van der Waals surface area contributed by atoms with Gasteiger partial charge in [-0.25, -0.2) is 14.4 Å². The van der Waals surface area contributed by atoms with Crippen LogP contribution in [0, 0.1) is 19.7 Å². The number of carbonyl (C=O) groups is 1. The summed E-state index contributed by atoms with van der Waals surface area (Å²) in [5, 5.41) is 2.92. The molecule has 1 N–H and O–H groups in total. The maximum absolute atomic E-state index is 14.0. The SMILES string of the molecule is Cc1nc2cc(F)cc(C(=O)NC[C@@H](c3ccccc3)N(C)C)c2nc1C. The highest BCUT2D eigenvalue weighted by atomic mass is 19.1. The molecule has 2 aromatic carbocycles. The first-order valence-electron chi connectivity index (χ1n) is 8.81. The zero-order chi connectivity index (χ0) is 19.6. The third-order valence-electron chi connectivity index (χ3n) is 4.65. The molecule has 0 aliphatic heterocycles. The lowest BCUT2D eigenvalue weighted by Crippen LogP contribution is -2.34. The van der Waals surface area contributed by atoms with Gasteiger partial charge in [-0.1, -0.05) is 30.3 Å². The molecule has 0 spiro atoms. The third-order valence-corrected chi connectivity index (χ3v) is 4.65. The fraction of sp³-hybridized carbons (Fsp3) is 0.286. The van der Waals surface area contributed by atoms with Crippen LogP contribution in [-0.2, 0) is 0 Å². The minimum Gasteiger partial charge on any atom is -0.350 e. The number of hydrogen-bond donors (Lipinski definition) is 1. The van der Waals surface area contributed by atoms with E-state index in [1.165, 1.54) is 12.1 Å². The van der Waals surface area contributed by atoms with Crippen molar-refractivity contribution in [1.29, 1.82) is 0 Å². The lowest BCUT2D eigenvalue weighted by atomic mass is 10.1. The molecule has 27 heavy (non-hydrogen) atoms. The van der Waals surface area contributed by atoms with Crippen molar-refractivity contribution in [1.82, 2.24) is 20.2 Å². The molecule has 3 rings (SSSR count). The number of carbonyl (C=O) groups excluding carboxylic acids is 1. The van der Waals surface area contributed by atoms with E-state index >= 15 is 0 Å². The molecule has 1 amide bonds. The number of nitrogens with zero attached hydrogens (tertiary/aromatic N) is 3. The van der Waals surface area contributed by atoms with Crippen molar-refractivity contribution in [2.75, 3.05) is 20.6 Å². The topological polar surface area (TPSA) is 58.1 Å². The van der Waals surface area contributed by atoms with E-state index < -0.39 is 5.82 Å². The van der Waals surface area contributed by atoms with E-state index in [2.05, 4.69) is 15.3 Å². The highest BCUT2D eigenvalue weighted by molar-refractivity contribution is 6.04.